The third-order valence-electron chi connectivity index (χ3n) is 4.93. The zero-order valence-electron chi connectivity index (χ0n) is 12.6. The third kappa shape index (κ3) is 3.59. The maximum absolute atomic E-state index is 6.19. The van der Waals surface area contributed by atoms with Crippen LogP contribution in [0, 0.1) is 5.41 Å². The van der Waals surface area contributed by atoms with Gasteiger partial charge in [0.15, 0.2) is 0 Å². The van der Waals surface area contributed by atoms with E-state index in [9.17, 15) is 0 Å². The topological polar surface area (TPSA) is 29.3 Å². The molecule has 1 aromatic rings. The van der Waals surface area contributed by atoms with Crippen LogP contribution in [0.5, 0.6) is 0 Å². The van der Waals surface area contributed by atoms with Crippen LogP contribution in [0.4, 0.5) is 0 Å². The zero-order valence-corrected chi connectivity index (χ0v) is 13.4. The molecule has 0 spiro atoms. The van der Waals surface area contributed by atoms with Gasteiger partial charge in [-0.3, -0.25) is 4.90 Å². The summed E-state index contributed by atoms with van der Waals surface area (Å²) in [7, 11) is 2.25. The highest BCUT2D eigenvalue weighted by atomic mass is 32.1. The van der Waals surface area contributed by atoms with Gasteiger partial charge < -0.3 is 5.73 Å². The lowest BCUT2D eigenvalue weighted by Crippen LogP contribution is -2.51. The van der Waals surface area contributed by atoms with E-state index in [1.54, 1.807) is 0 Å². The van der Waals surface area contributed by atoms with Crippen LogP contribution >= 0.6 is 11.3 Å². The molecule has 1 unspecified atom stereocenters. The molecular formula is C16H28N2S. The summed E-state index contributed by atoms with van der Waals surface area (Å²) in [5, 5.41) is 2.16. The minimum Gasteiger partial charge on any atom is -0.329 e. The number of hydrogen-bond acceptors (Lipinski definition) is 3. The Morgan fingerprint density at radius 1 is 1.26 bits per heavy atom. The molecule has 0 aromatic carbocycles. The van der Waals surface area contributed by atoms with Crippen LogP contribution in [0.25, 0.3) is 0 Å². The number of hydrogen-bond donors (Lipinski definition) is 1. The molecule has 0 amide bonds. The largest absolute Gasteiger partial charge is 0.329 e. The van der Waals surface area contributed by atoms with Gasteiger partial charge in [-0.15, -0.1) is 11.3 Å². The molecule has 1 aromatic heterocycles. The fourth-order valence-corrected chi connectivity index (χ4v) is 4.02. The van der Waals surface area contributed by atoms with Gasteiger partial charge in [0, 0.05) is 23.5 Å². The zero-order chi connectivity index (χ0) is 13.9. The summed E-state index contributed by atoms with van der Waals surface area (Å²) in [5.41, 5.74) is 6.88. The van der Waals surface area contributed by atoms with Gasteiger partial charge in [0.1, 0.15) is 0 Å². The van der Waals surface area contributed by atoms with Gasteiger partial charge in [0.05, 0.1) is 0 Å². The summed E-state index contributed by atoms with van der Waals surface area (Å²) in [6.45, 7) is 6.62. The first-order valence-corrected chi connectivity index (χ1v) is 8.29. The summed E-state index contributed by atoms with van der Waals surface area (Å²) >= 11 is 1.85. The second-order valence-electron chi connectivity index (χ2n) is 6.88. The van der Waals surface area contributed by atoms with Gasteiger partial charge in [0.25, 0.3) is 0 Å². The van der Waals surface area contributed by atoms with E-state index in [0.717, 1.165) is 13.1 Å². The van der Waals surface area contributed by atoms with Crippen molar-refractivity contribution in [2.24, 2.45) is 11.1 Å². The molecular weight excluding hydrogens is 252 g/mol. The lowest BCUT2D eigenvalue weighted by molar-refractivity contribution is 0.0972. The van der Waals surface area contributed by atoms with E-state index < -0.39 is 0 Å². The molecule has 19 heavy (non-hydrogen) atoms. The van der Waals surface area contributed by atoms with Gasteiger partial charge in [-0.2, -0.15) is 0 Å². The molecule has 0 saturated heterocycles. The minimum atomic E-state index is 0.206. The molecule has 1 aliphatic rings. The minimum absolute atomic E-state index is 0.206. The monoisotopic (exact) mass is 280 g/mol. The summed E-state index contributed by atoms with van der Waals surface area (Å²) in [6.07, 6.45) is 6.41. The second kappa shape index (κ2) is 5.94. The van der Waals surface area contributed by atoms with Crippen LogP contribution in [0.15, 0.2) is 17.5 Å². The van der Waals surface area contributed by atoms with Crippen LogP contribution in [-0.2, 0) is 6.54 Å². The van der Waals surface area contributed by atoms with Crippen LogP contribution in [0.1, 0.15) is 50.8 Å². The molecule has 1 fully saturated rings. The summed E-state index contributed by atoms with van der Waals surface area (Å²) < 4.78 is 0. The van der Waals surface area contributed by atoms with Crippen molar-refractivity contribution in [2.75, 3.05) is 13.6 Å². The van der Waals surface area contributed by atoms with E-state index in [1.807, 2.05) is 11.3 Å². The van der Waals surface area contributed by atoms with Crippen LogP contribution in [0.2, 0.25) is 0 Å². The lowest BCUT2D eigenvalue weighted by atomic mass is 9.83. The van der Waals surface area contributed by atoms with Crippen molar-refractivity contribution in [3.8, 4) is 0 Å². The molecule has 1 atom stereocenters. The standard InChI is InChI=1S/C16H28N2S/c1-15(2)7-5-8-16(13-17,10-9-15)18(3)12-14-6-4-11-19-14/h4,6,11H,5,7-10,12-13,17H2,1-3H3. The molecule has 0 bridgehead atoms. The Balaban J connectivity index is 2.08. The van der Waals surface area contributed by atoms with Crippen molar-refractivity contribution in [3.05, 3.63) is 22.4 Å². The fourth-order valence-electron chi connectivity index (χ4n) is 3.26. The number of rotatable bonds is 4. The van der Waals surface area contributed by atoms with Crippen molar-refractivity contribution >= 4 is 11.3 Å². The first-order valence-electron chi connectivity index (χ1n) is 7.41. The lowest BCUT2D eigenvalue weighted by Gasteiger charge is -2.41. The summed E-state index contributed by atoms with van der Waals surface area (Å²) in [4.78, 5) is 3.96. The maximum Gasteiger partial charge on any atom is 0.0332 e. The first kappa shape index (κ1) is 15.0. The van der Waals surface area contributed by atoms with E-state index in [2.05, 4.69) is 43.3 Å². The van der Waals surface area contributed by atoms with E-state index in [-0.39, 0.29) is 5.54 Å². The van der Waals surface area contributed by atoms with E-state index in [4.69, 9.17) is 5.73 Å². The van der Waals surface area contributed by atoms with Crippen molar-refractivity contribution in [1.29, 1.82) is 0 Å². The third-order valence-corrected chi connectivity index (χ3v) is 5.79. The molecule has 0 aliphatic heterocycles. The molecule has 2 rings (SSSR count). The van der Waals surface area contributed by atoms with Crippen molar-refractivity contribution in [3.63, 3.8) is 0 Å². The van der Waals surface area contributed by atoms with E-state index in [1.165, 1.54) is 37.0 Å². The van der Waals surface area contributed by atoms with Gasteiger partial charge in [-0.05, 0) is 49.6 Å². The molecule has 1 heterocycles. The molecule has 1 aliphatic carbocycles. The summed E-state index contributed by atoms with van der Waals surface area (Å²) in [5.74, 6) is 0. The predicted octanol–water partition coefficient (Wildman–Crippen LogP) is 3.87. The Hall–Kier alpha value is -0.380. The highest BCUT2D eigenvalue weighted by Crippen LogP contribution is 2.40. The summed E-state index contributed by atoms with van der Waals surface area (Å²) in [6, 6.07) is 4.37. The predicted molar refractivity (Wildman–Crippen MR) is 84.4 cm³/mol. The van der Waals surface area contributed by atoms with Gasteiger partial charge >= 0.3 is 0 Å². The second-order valence-corrected chi connectivity index (χ2v) is 7.91. The average Bonchev–Trinajstić information content (AvgIpc) is 2.80. The highest BCUT2D eigenvalue weighted by molar-refractivity contribution is 7.09. The van der Waals surface area contributed by atoms with Crippen LogP contribution in [-0.4, -0.2) is 24.0 Å². The molecule has 3 heteroatoms. The molecule has 2 nitrogen and oxygen atoms in total. The fraction of sp³-hybridized carbons (Fsp3) is 0.750. The quantitative estimate of drug-likeness (QED) is 0.848. The van der Waals surface area contributed by atoms with Crippen LogP contribution < -0.4 is 5.73 Å². The van der Waals surface area contributed by atoms with Gasteiger partial charge in [0.2, 0.25) is 0 Å². The van der Waals surface area contributed by atoms with Crippen LogP contribution in [0.3, 0.4) is 0 Å². The van der Waals surface area contributed by atoms with Gasteiger partial charge in [-0.25, -0.2) is 0 Å². The van der Waals surface area contributed by atoms with E-state index in [0.29, 0.717) is 5.41 Å². The number of nitrogens with two attached hydrogens (primary N) is 1. The molecule has 0 radical (unpaired) electrons. The normalized spacial score (nSPS) is 27.4. The smallest absolute Gasteiger partial charge is 0.0332 e. The first-order chi connectivity index (χ1) is 8.97. The molecule has 1 saturated carbocycles. The van der Waals surface area contributed by atoms with Crippen molar-refractivity contribution in [2.45, 2.75) is 58.0 Å². The SMILES string of the molecule is CN(Cc1cccs1)C1(CN)CCCC(C)(C)CC1. The Morgan fingerprint density at radius 2 is 2.05 bits per heavy atom. The average molecular weight is 280 g/mol. The van der Waals surface area contributed by atoms with Crippen molar-refractivity contribution < 1.29 is 0 Å². The molecule has 2 N–H and O–H groups in total. The van der Waals surface area contributed by atoms with Crippen molar-refractivity contribution in [1.82, 2.24) is 4.90 Å². The van der Waals surface area contributed by atoms with Gasteiger partial charge in [-0.1, -0.05) is 26.3 Å². The Labute approximate surface area is 122 Å². The Kier molecular flexibility index (Phi) is 4.70. The Bertz CT molecular complexity index is 385. The highest BCUT2D eigenvalue weighted by Gasteiger charge is 2.37. The maximum atomic E-state index is 6.19. The molecule has 108 valence electrons. The number of nitrogens with zero attached hydrogens (tertiary/aromatic N) is 1. The Morgan fingerprint density at radius 3 is 2.68 bits per heavy atom. The number of thiophene rings is 1. The van der Waals surface area contributed by atoms with E-state index >= 15 is 0 Å². The number of likely N-dealkylation sites (N-methyl/N-ethyl adjacent to an activating group) is 1.